The fraction of sp³-hybridized carbons (Fsp3) is 0.429. The summed E-state index contributed by atoms with van der Waals surface area (Å²) in [4.78, 5) is 8.17. The summed E-state index contributed by atoms with van der Waals surface area (Å²) in [6.07, 6.45) is 0. The average Bonchev–Trinajstić information content (AvgIpc) is 2.34. The van der Waals surface area contributed by atoms with E-state index >= 15 is 0 Å². The summed E-state index contributed by atoms with van der Waals surface area (Å²) in [7, 11) is 0. The Hall–Kier alpha value is -0.670. The van der Waals surface area contributed by atoms with Crippen molar-refractivity contribution in [3.8, 4) is 0 Å². The first-order chi connectivity index (χ1) is 5.27. The molecule has 0 bridgehead atoms. The molecule has 0 atom stereocenters. The monoisotopic (exact) mass is 169 g/mol. The first-order valence-electron chi connectivity index (χ1n) is 3.50. The van der Waals surface area contributed by atoms with Gasteiger partial charge in [-0.25, -0.2) is 9.97 Å². The van der Waals surface area contributed by atoms with Crippen molar-refractivity contribution in [3.63, 3.8) is 0 Å². The highest BCUT2D eigenvalue weighted by Crippen LogP contribution is 2.17. The smallest absolute Gasteiger partial charge is 0.222 e. The van der Waals surface area contributed by atoms with Crippen LogP contribution in [0.15, 0.2) is 0 Å². The maximum absolute atomic E-state index is 5.68. The van der Waals surface area contributed by atoms with Gasteiger partial charge in [-0.15, -0.1) is 0 Å². The molecular formula is C7H8ClN3. The number of halogens is 1. The Morgan fingerprint density at radius 2 is 2.18 bits per heavy atom. The SMILES string of the molecule is Cc1nc(Cl)nc2c1CNC2. The summed E-state index contributed by atoms with van der Waals surface area (Å²) in [6.45, 7) is 3.65. The van der Waals surface area contributed by atoms with Crippen LogP contribution in [0.1, 0.15) is 17.0 Å². The first-order valence-corrected chi connectivity index (χ1v) is 3.88. The zero-order valence-electron chi connectivity index (χ0n) is 6.19. The number of fused-ring (bicyclic) bond motifs is 1. The molecule has 1 aliphatic heterocycles. The second-order valence-electron chi connectivity index (χ2n) is 2.61. The van der Waals surface area contributed by atoms with Gasteiger partial charge >= 0.3 is 0 Å². The Morgan fingerprint density at radius 3 is 3.00 bits per heavy atom. The molecule has 2 heterocycles. The molecule has 58 valence electrons. The van der Waals surface area contributed by atoms with E-state index in [2.05, 4.69) is 15.3 Å². The second kappa shape index (κ2) is 2.43. The van der Waals surface area contributed by atoms with E-state index in [0.29, 0.717) is 5.28 Å². The third-order valence-electron chi connectivity index (χ3n) is 1.87. The number of nitrogens with zero attached hydrogens (tertiary/aromatic N) is 2. The minimum atomic E-state index is 0.352. The lowest BCUT2D eigenvalue weighted by Crippen LogP contribution is -2.00. The molecular weight excluding hydrogens is 162 g/mol. The molecule has 0 spiro atoms. The van der Waals surface area contributed by atoms with E-state index in [9.17, 15) is 0 Å². The molecule has 0 aliphatic carbocycles. The quantitative estimate of drug-likeness (QED) is 0.590. The van der Waals surface area contributed by atoms with Gasteiger partial charge in [0, 0.05) is 24.3 Å². The highest BCUT2D eigenvalue weighted by atomic mass is 35.5. The largest absolute Gasteiger partial charge is 0.307 e. The molecule has 0 unspecified atom stereocenters. The molecule has 0 saturated heterocycles. The van der Waals surface area contributed by atoms with Gasteiger partial charge in [-0.05, 0) is 18.5 Å². The Labute approximate surface area is 69.8 Å². The number of hydrogen-bond donors (Lipinski definition) is 1. The molecule has 0 radical (unpaired) electrons. The molecule has 11 heavy (non-hydrogen) atoms. The molecule has 0 aromatic carbocycles. The highest BCUT2D eigenvalue weighted by Gasteiger charge is 2.15. The summed E-state index contributed by atoms with van der Waals surface area (Å²) < 4.78 is 0. The zero-order valence-corrected chi connectivity index (χ0v) is 6.94. The van der Waals surface area contributed by atoms with Gasteiger partial charge in [0.15, 0.2) is 0 Å². The number of nitrogens with one attached hydrogen (secondary N) is 1. The van der Waals surface area contributed by atoms with E-state index in [-0.39, 0.29) is 0 Å². The average molecular weight is 170 g/mol. The Balaban J connectivity index is 2.60. The van der Waals surface area contributed by atoms with Crippen LogP contribution in [-0.4, -0.2) is 9.97 Å². The number of hydrogen-bond acceptors (Lipinski definition) is 3. The minimum absolute atomic E-state index is 0.352. The van der Waals surface area contributed by atoms with E-state index in [1.807, 2.05) is 6.92 Å². The van der Waals surface area contributed by atoms with Crippen molar-refractivity contribution in [1.29, 1.82) is 0 Å². The predicted octanol–water partition coefficient (Wildman–Crippen LogP) is 1.04. The van der Waals surface area contributed by atoms with Crippen LogP contribution in [0.5, 0.6) is 0 Å². The Kier molecular flexibility index (Phi) is 1.55. The van der Waals surface area contributed by atoms with E-state index in [1.54, 1.807) is 0 Å². The van der Waals surface area contributed by atoms with E-state index in [4.69, 9.17) is 11.6 Å². The van der Waals surface area contributed by atoms with Crippen LogP contribution in [0, 0.1) is 6.92 Å². The van der Waals surface area contributed by atoms with Crippen LogP contribution in [0.25, 0.3) is 0 Å². The molecule has 1 N–H and O–H groups in total. The van der Waals surface area contributed by atoms with Gasteiger partial charge in [-0.1, -0.05) is 0 Å². The van der Waals surface area contributed by atoms with Crippen molar-refractivity contribution in [2.24, 2.45) is 0 Å². The minimum Gasteiger partial charge on any atom is -0.307 e. The molecule has 2 rings (SSSR count). The normalized spacial score (nSPS) is 15.1. The molecule has 3 nitrogen and oxygen atoms in total. The van der Waals surface area contributed by atoms with Crippen molar-refractivity contribution < 1.29 is 0 Å². The fourth-order valence-electron chi connectivity index (χ4n) is 1.30. The topological polar surface area (TPSA) is 37.8 Å². The van der Waals surface area contributed by atoms with Crippen LogP contribution in [0.4, 0.5) is 0 Å². The summed E-state index contributed by atoms with van der Waals surface area (Å²) in [5, 5.41) is 3.55. The zero-order chi connectivity index (χ0) is 7.84. The summed E-state index contributed by atoms with van der Waals surface area (Å²) >= 11 is 5.68. The van der Waals surface area contributed by atoms with Crippen LogP contribution in [-0.2, 0) is 13.1 Å². The molecule has 0 amide bonds. The molecule has 0 fully saturated rings. The van der Waals surface area contributed by atoms with Gasteiger partial charge in [0.25, 0.3) is 0 Å². The lowest BCUT2D eigenvalue weighted by molar-refractivity contribution is 0.756. The number of aromatic nitrogens is 2. The predicted molar refractivity (Wildman–Crippen MR) is 42.3 cm³/mol. The van der Waals surface area contributed by atoms with Gasteiger partial charge in [-0.2, -0.15) is 0 Å². The van der Waals surface area contributed by atoms with Crippen molar-refractivity contribution in [2.75, 3.05) is 0 Å². The van der Waals surface area contributed by atoms with Crippen molar-refractivity contribution in [3.05, 3.63) is 22.2 Å². The first kappa shape index (κ1) is 7.00. The standard InChI is InChI=1S/C7H8ClN3/c1-4-5-2-9-3-6(5)11-7(8)10-4/h9H,2-3H2,1H3. The van der Waals surface area contributed by atoms with Crippen molar-refractivity contribution in [2.45, 2.75) is 20.0 Å². The fourth-order valence-corrected chi connectivity index (χ4v) is 1.53. The van der Waals surface area contributed by atoms with Gasteiger partial charge < -0.3 is 5.32 Å². The van der Waals surface area contributed by atoms with Crippen molar-refractivity contribution in [1.82, 2.24) is 15.3 Å². The summed E-state index contributed by atoms with van der Waals surface area (Å²) in [6, 6.07) is 0. The molecule has 0 saturated carbocycles. The lowest BCUT2D eigenvalue weighted by Gasteiger charge is -2.00. The van der Waals surface area contributed by atoms with Gasteiger partial charge in [0.05, 0.1) is 5.69 Å². The van der Waals surface area contributed by atoms with Crippen molar-refractivity contribution >= 4 is 11.6 Å². The van der Waals surface area contributed by atoms with Crippen LogP contribution in [0.2, 0.25) is 5.28 Å². The van der Waals surface area contributed by atoms with Crippen LogP contribution in [0.3, 0.4) is 0 Å². The van der Waals surface area contributed by atoms with E-state index < -0.39 is 0 Å². The van der Waals surface area contributed by atoms with Gasteiger partial charge in [0.1, 0.15) is 0 Å². The lowest BCUT2D eigenvalue weighted by atomic mass is 10.2. The summed E-state index contributed by atoms with van der Waals surface area (Å²) in [5.74, 6) is 0. The third-order valence-corrected chi connectivity index (χ3v) is 2.04. The Morgan fingerprint density at radius 1 is 1.36 bits per heavy atom. The maximum Gasteiger partial charge on any atom is 0.222 e. The molecule has 1 aromatic rings. The molecule has 1 aliphatic rings. The highest BCUT2D eigenvalue weighted by molar-refractivity contribution is 6.28. The molecule has 4 heteroatoms. The summed E-state index contributed by atoms with van der Waals surface area (Å²) in [5.41, 5.74) is 3.24. The number of rotatable bonds is 0. The van der Waals surface area contributed by atoms with E-state index in [0.717, 1.165) is 24.5 Å². The van der Waals surface area contributed by atoms with Crippen LogP contribution < -0.4 is 5.32 Å². The Bertz CT molecular complexity index is 298. The maximum atomic E-state index is 5.68. The van der Waals surface area contributed by atoms with Crippen LogP contribution >= 0.6 is 11.6 Å². The number of aryl methyl sites for hydroxylation is 1. The second-order valence-corrected chi connectivity index (χ2v) is 2.94. The van der Waals surface area contributed by atoms with Gasteiger partial charge in [0.2, 0.25) is 5.28 Å². The molecule has 1 aromatic heterocycles. The van der Waals surface area contributed by atoms with Gasteiger partial charge in [-0.3, -0.25) is 0 Å². The third kappa shape index (κ3) is 1.10. The van der Waals surface area contributed by atoms with E-state index in [1.165, 1.54) is 5.56 Å².